The van der Waals surface area contributed by atoms with E-state index in [1.807, 2.05) is 59.3 Å². The summed E-state index contributed by atoms with van der Waals surface area (Å²) in [6.07, 6.45) is 2.01. The molecule has 3 rings (SSSR count). The first-order chi connectivity index (χ1) is 10.2. The summed E-state index contributed by atoms with van der Waals surface area (Å²) >= 11 is 8.84. The Morgan fingerprint density at radius 2 is 1.71 bits per heavy atom. The first-order valence-corrected chi connectivity index (χ1v) is 7.59. The highest BCUT2D eigenvalue weighted by Gasteiger charge is 2.05. The molecule has 1 aromatic heterocycles. The van der Waals surface area contributed by atoms with Crippen LogP contribution in [0.4, 0.5) is 0 Å². The smallest absolute Gasteiger partial charge is 0.182 e. The number of hydrogen-bond donors (Lipinski definition) is 1. The molecule has 0 aliphatic heterocycles. The minimum absolute atomic E-state index is 0.670. The van der Waals surface area contributed by atoms with Gasteiger partial charge in [0, 0.05) is 16.4 Å². The Bertz CT molecular complexity index is 804. The van der Waals surface area contributed by atoms with Crippen molar-refractivity contribution in [3.63, 3.8) is 0 Å². The molecule has 3 nitrogen and oxygen atoms in total. The lowest BCUT2D eigenvalue weighted by Crippen LogP contribution is -1.90. The maximum atomic E-state index is 5.41. The van der Waals surface area contributed by atoms with Crippen LogP contribution in [-0.4, -0.2) is 16.7 Å². The van der Waals surface area contributed by atoms with Crippen molar-refractivity contribution in [2.24, 2.45) is 0 Å². The number of aromatic nitrogens is 2. The Hall–Kier alpha value is -1.85. The molecule has 5 heteroatoms. The number of imidazole rings is 1. The average Bonchev–Trinajstić information content (AvgIpc) is 2.90. The number of halogens is 1. The molecule has 0 saturated carbocycles. The molecule has 0 saturated heterocycles. The average molecular weight is 361 g/mol. The van der Waals surface area contributed by atoms with Crippen LogP contribution in [0.15, 0.2) is 59.2 Å². The number of nitrogens with one attached hydrogen (secondary N) is 1. The van der Waals surface area contributed by atoms with E-state index < -0.39 is 0 Å². The number of methoxy groups -OCH3 is 1. The van der Waals surface area contributed by atoms with Gasteiger partial charge in [-0.25, -0.2) is 0 Å². The van der Waals surface area contributed by atoms with E-state index in [1.54, 1.807) is 7.11 Å². The minimum atomic E-state index is 0.670. The fourth-order valence-electron chi connectivity index (χ4n) is 2.11. The van der Waals surface area contributed by atoms with Crippen molar-refractivity contribution < 1.29 is 4.74 Å². The summed E-state index contributed by atoms with van der Waals surface area (Å²) in [6.45, 7) is 0. The fraction of sp³-hybridized carbons (Fsp3) is 0.0625. The van der Waals surface area contributed by atoms with Gasteiger partial charge < -0.3 is 9.72 Å². The van der Waals surface area contributed by atoms with Gasteiger partial charge in [-0.15, -0.1) is 0 Å². The number of benzene rings is 2. The molecule has 106 valence electrons. The SMILES string of the molecule is COc1ccc(-c2cn(-c3ccc(Br)cc3)c(=S)[nH]2)cc1. The monoisotopic (exact) mass is 360 g/mol. The zero-order valence-electron chi connectivity index (χ0n) is 11.3. The molecule has 0 atom stereocenters. The second-order valence-corrected chi connectivity index (χ2v) is 5.85. The molecular formula is C16H13BrN2OS. The van der Waals surface area contributed by atoms with Crippen LogP contribution in [0.2, 0.25) is 0 Å². The highest BCUT2D eigenvalue weighted by atomic mass is 79.9. The first kappa shape index (κ1) is 14.1. The number of H-pyrrole nitrogens is 1. The Labute approximate surface area is 136 Å². The summed E-state index contributed by atoms with van der Waals surface area (Å²) in [4.78, 5) is 3.24. The van der Waals surface area contributed by atoms with Crippen LogP contribution in [0.5, 0.6) is 5.75 Å². The normalized spacial score (nSPS) is 10.6. The van der Waals surface area contributed by atoms with Crippen molar-refractivity contribution in [3.8, 4) is 22.7 Å². The summed E-state index contributed by atoms with van der Waals surface area (Å²) in [6, 6.07) is 15.9. The van der Waals surface area contributed by atoms with Crippen LogP contribution in [0.25, 0.3) is 16.9 Å². The topological polar surface area (TPSA) is 29.9 Å². The third-order valence-electron chi connectivity index (χ3n) is 3.22. The van der Waals surface area contributed by atoms with Crippen molar-refractivity contribution in [1.29, 1.82) is 0 Å². The maximum absolute atomic E-state index is 5.41. The molecule has 21 heavy (non-hydrogen) atoms. The second kappa shape index (κ2) is 5.87. The lowest BCUT2D eigenvalue weighted by atomic mass is 10.1. The summed E-state index contributed by atoms with van der Waals surface area (Å²) in [5.41, 5.74) is 3.07. The number of rotatable bonds is 3. The molecule has 0 spiro atoms. The van der Waals surface area contributed by atoms with Crippen LogP contribution in [0.3, 0.4) is 0 Å². The summed E-state index contributed by atoms with van der Waals surface area (Å²) < 4.78 is 8.85. The zero-order chi connectivity index (χ0) is 14.8. The molecule has 0 unspecified atom stereocenters. The molecule has 0 aliphatic carbocycles. The van der Waals surface area contributed by atoms with E-state index in [2.05, 4.69) is 20.9 Å². The molecule has 0 fully saturated rings. The van der Waals surface area contributed by atoms with Crippen LogP contribution in [0, 0.1) is 4.77 Å². The van der Waals surface area contributed by atoms with Gasteiger partial charge in [-0.1, -0.05) is 15.9 Å². The first-order valence-electron chi connectivity index (χ1n) is 6.39. The van der Waals surface area contributed by atoms with E-state index in [-0.39, 0.29) is 0 Å². The third-order valence-corrected chi connectivity index (χ3v) is 4.05. The lowest BCUT2D eigenvalue weighted by molar-refractivity contribution is 0.415. The molecule has 3 aromatic rings. The largest absolute Gasteiger partial charge is 0.497 e. The maximum Gasteiger partial charge on any atom is 0.182 e. The standard InChI is InChI=1S/C16H13BrN2OS/c1-20-14-8-2-11(3-9-14)15-10-19(16(21)18-15)13-6-4-12(17)5-7-13/h2-10H,1H3,(H,18,21). The Balaban J connectivity index is 2.00. The molecule has 0 bridgehead atoms. The quantitative estimate of drug-likeness (QED) is 0.668. The number of ether oxygens (including phenoxy) is 1. The molecule has 1 heterocycles. The van der Waals surface area contributed by atoms with Crippen LogP contribution < -0.4 is 4.74 Å². The molecule has 0 amide bonds. The number of aromatic amines is 1. The molecule has 0 radical (unpaired) electrons. The predicted molar refractivity (Wildman–Crippen MR) is 90.6 cm³/mol. The molecule has 2 aromatic carbocycles. The van der Waals surface area contributed by atoms with Gasteiger partial charge >= 0.3 is 0 Å². The van der Waals surface area contributed by atoms with Gasteiger partial charge in [0.1, 0.15) is 5.75 Å². The van der Waals surface area contributed by atoms with Gasteiger partial charge in [0.25, 0.3) is 0 Å². The van der Waals surface area contributed by atoms with Crippen molar-refractivity contribution in [1.82, 2.24) is 9.55 Å². The van der Waals surface area contributed by atoms with Gasteiger partial charge in [-0.2, -0.15) is 0 Å². The highest BCUT2D eigenvalue weighted by molar-refractivity contribution is 9.10. The minimum Gasteiger partial charge on any atom is -0.497 e. The molecule has 1 N–H and O–H groups in total. The van der Waals surface area contributed by atoms with E-state index in [4.69, 9.17) is 17.0 Å². The molecule has 0 aliphatic rings. The van der Waals surface area contributed by atoms with E-state index in [9.17, 15) is 0 Å². The highest BCUT2D eigenvalue weighted by Crippen LogP contribution is 2.23. The van der Waals surface area contributed by atoms with Crippen molar-refractivity contribution in [3.05, 3.63) is 64.0 Å². The Morgan fingerprint density at radius 1 is 1.05 bits per heavy atom. The zero-order valence-corrected chi connectivity index (χ0v) is 13.7. The van der Waals surface area contributed by atoms with E-state index in [1.165, 1.54) is 0 Å². The summed E-state index contributed by atoms with van der Waals surface area (Å²) in [7, 11) is 1.66. The fourth-order valence-corrected chi connectivity index (χ4v) is 2.64. The van der Waals surface area contributed by atoms with Crippen LogP contribution >= 0.6 is 28.1 Å². The van der Waals surface area contributed by atoms with Crippen LogP contribution in [0.1, 0.15) is 0 Å². The van der Waals surface area contributed by atoms with E-state index >= 15 is 0 Å². The van der Waals surface area contributed by atoms with Gasteiger partial charge in [0.2, 0.25) is 0 Å². The Kier molecular flexibility index (Phi) is 3.94. The van der Waals surface area contributed by atoms with Crippen molar-refractivity contribution in [2.75, 3.05) is 7.11 Å². The summed E-state index contributed by atoms with van der Waals surface area (Å²) in [5, 5.41) is 0. The van der Waals surface area contributed by atoms with Crippen molar-refractivity contribution in [2.45, 2.75) is 0 Å². The predicted octanol–water partition coefficient (Wildman–Crippen LogP) is 4.97. The third kappa shape index (κ3) is 2.94. The van der Waals surface area contributed by atoms with E-state index in [0.29, 0.717) is 4.77 Å². The Morgan fingerprint density at radius 3 is 2.33 bits per heavy atom. The number of nitrogens with zero attached hydrogens (tertiary/aromatic N) is 1. The van der Waals surface area contributed by atoms with Gasteiger partial charge in [-0.3, -0.25) is 4.57 Å². The van der Waals surface area contributed by atoms with Gasteiger partial charge in [-0.05, 0) is 66.3 Å². The van der Waals surface area contributed by atoms with E-state index in [0.717, 1.165) is 27.2 Å². The van der Waals surface area contributed by atoms with Crippen LogP contribution in [-0.2, 0) is 0 Å². The van der Waals surface area contributed by atoms with Gasteiger partial charge in [0.15, 0.2) is 4.77 Å². The lowest BCUT2D eigenvalue weighted by Gasteiger charge is -2.02. The molecular weight excluding hydrogens is 348 g/mol. The van der Waals surface area contributed by atoms with Crippen molar-refractivity contribution >= 4 is 28.1 Å². The van der Waals surface area contributed by atoms with Gasteiger partial charge in [0.05, 0.1) is 12.8 Å². The summed E-state index contributed by atoms with van der Waals surface area (Å²) in [5.74, 6) is 0.838. The number of hydrogen-bond acceptors (Lipinski definition) is 2. The second-order valence-electron chi connectivity index (χ2n) is 4.55.